The van der Waals surface area contributed by atoms with Crippen molar-refractivity contribution in [1.82, 2.24) is 9.66 Å². The fraction of sp³-hybridized carbons (Fsp3) is 0.241. The standard InChI is InChI=1S/C29H29BrFN5O3/c1-5-18(2)28-34-25-13-7-20(30)14-24(25)29(38)36(28)32-16-19-6-12-23(35(3)4)15-26(19)39-17-27(37)33-22-10-8-21(31)9-11-22/h6-16,18H,5,17H2,1-4H3,(H,33,37)/t18-/m1/s1. The minimum atomic E-state index is -0.403. The van der Waals surface area contributed by atoms with Crippen molar-refractivity contribution >= 4 is 50.3 Å². The number of carbonyl (C=O) groups is 1. The van der Waals surface area contributed by atoms with Gasteiger partial charge in [-0.15, -0.1) is 0 Å². The number of halogens is 2. The molecule has 0 fully saturated rings. The van der Waals surface area contributed by atoms with Gasteiger partial charge in [-0.3, -0.25) is 9.59 Å². The van der Waals surface area contributed by atoms with Crippen LogP contribution in [0.25, 0.3) is 10.9 Å². The molecule has 0 aliphatic rings. The second-order valence-electron chi connectivity index (χ2n) is 9.26. The maximum Gasteiger partial charge on any atom is 0.282 e. The third-order valence-electron chi connectivity index (χ3n) is 6.20. The van der Waals surface area contributed by atoms with E-state index in [1.165, 1.54) is 35.2 Å². The first-order chi connectivity index (χ1) is 18.7. The Morgan fingerprint density at radius 3 is 2.62 bits per heavy atom. The van der Waals surface area contributed by atoms with Crippen LogP contribution in [0.15, 0.2) is 75.0 Å². The summed E-state index contributed by atoms with van der Waals surface area (Å²) in [5.41, 5.74) is 2.22. The zero-order valence-electron chi connectivity index (χ0n) is 22.1. The van der Waals surface area contributed by atoms with Crippen LogP contribution in [0.2, 0.25) is 0 Å². The summed E-state index contributed by atoms with van der Waals surface area (Å²) in [5.74, 6) is 0.163. The molecule has 0 unspecified atom stereocenters. The van der Waals surface area contributed by atoms with E-state index >= 15 is 0 Å². The Kier molecular flexibility index (Phi) is 8.75. The molecule has 0 saturated carbocycles. The van der Waals surface area contributed by atoms with Crippen LogP contribution in [-0.2, 0) is 4.79 Å². The van der Waals surface area contributed by atoms with Crippen LogP contribution < -0.4 is 20.5 Å². The number of hydrogen-bond donors (Lipinski definition) is 1. The summed E-state index contributed by atoms with van der Waals surface area (Å²) < 4.78 is 21.1. The second-order valence-corrected chi connectivity index (χ2v) is 10.2. The molecule has 1 N–H and O–H groups in total. The smallest absolute Gasteiger partial charge is 0.282 e. The number of carbonyl (C=O) groups excluding carboxylic acids is 1. The molecular weight excluding hydrogens is 565 g/mol. The number of benzene rings is 3. The van der Waals surface area contributed by atoms with Gasteiger partial charge < -0.3 is 15.0 Å². The molecule has 10 heteroatoms. The largest absolute Gasteiger partial charge is 0.483 e. The Balaban J connectivity index is 1.67. The SMILES string of the molecule is CC[C@@H](C)c1nc2ccc(Br)cc2c(=O)n1N=Cc1ccc(N(C)C)cc1OCC(=O)Nc1ccc(F)cc1. The summed E-state index contributed by atoms with van der Waals surface area (Å²) in [6.07, 6.45) is 2.31. The van der Waals surface area contributed by atoms with Crippen LogP contribution in [0.5, 0.6) is 5.75 Å². The molecule has 0 aliphatic carbocycles. The van der Waals surface area contributed by atoms with Crippen molar-refractivity contribution in [3.05, 3.63) is 92.7 Å². The first-order valence-corrected chi connectivity index (χ1v) is 13.2. The van der Waals surface area contributed by atoms with E-state index in [2.05, 4.69) is 26.3 Å². The number of anilines is 2. The van der Waals surface area contributed by atoms with Crippen molar-refractivity contribution in [1.29, 1.82) is 0 Å². The summed E-state index contributed by atoms with van der Waals surface area (Å²) in [7, 11) is 3.79. The highest BCUT2D eigenvalue weighted by Gasteiger charge is 2.16. The number of amides is 1. The maximum absolute atomic E-state index is 13.5. The highest BCUT2D eigenvalue weighted by atomic mass is 79.9. The van der Waals surface area contributed by atoms with Gasteiger partial charge in [0, 0.05) is 47.5 Å². The molecule has 1 heterocycles. The summed E-state index contributed by atoms with van der Waals surface area (Å²) in [5, 5.41) is 7.66. The summed E-state index contributed by atoms with van der Waals surface area (Å²) in [4.78, 5) is 32.6. The zero-order chi connectivity index (χ0) is 28.1. The van der Waals surface area contributed by atoms with Gasteiger partial charge in [0.25, 0.3) is 11.5 Å². The Morgan fingerprint density at radius 2 is 1.92 bits per heavy atom. The lowest BCUT2D eigenvalue weighted by atomic mass is 10.1. The van der Waals surface area contributed by atoms with Gasteiger partial charge in [0.05, 0.1) is 17.1 Å². The molecule has 39 heavy (non-hydrogen) atoms. The van der Waals surface area contributed by atoms with Gasteiger partial charge in [0.15, 0.2) is 6.61 Å². The van der Waals surface area contributed by atoms with Gasteiger partial charge in [0.2, 0.25) is 0 Å². The molecule has 0 bridgehead atoms. The van der Waals surface area contributed by atoms with Crippen LogP contribution in [0.1, 0.15) is 37.6 Å². The molecular formula is C29H29BrFN5O3. The minimum absolute atomic E-state index is 0.00936. The van der Waals surface area contributed by atoms with Crippen LogP contribution in [-0.4, -0.2) is 42.5 Å². The first kappa shape index (κ1) is 28.0. The van der Waals surface area contributed by atoms with Crippen LogP contribution in [0.4, 0.5) is 15.8 Å². The maximum atomic E-state index is 13.5. The number of nitrogens with zero attached hydrogens (tertiary/aromatic N) is 4. The molecule has 3 aromatic carbocycles. The summed E-state index contributed by atoms with van der Waals surface area (Å²) in [6, 6.07) is 16.4. The molecule has 1 amide bonds. The predicted molar refractivity (Wildman–Crippen MR) is 157 cm³/mol. The van der Waals surface area contributed by atoms with E-state index in [4.69, 9.17) is 9.72 Å². The number of hydrogen-bond acceptors (Lipinski definition) is 6. The van der Waals surface area contributed by atoms with Gasteiger partial charge in [-0.05, 0) is 61.0 Å². The Labute approximate surface area is 234 Å². The van der Waals surface area contributed by atoms with E-state index in [-0.39, 0.29) is 18.1 Å². The van der Waals surface area contributed by atoms with E-state index in [1.807, 2.05) is 57.1 Å². The van der Waals surface area contributed by atoms with Gasteiger partial charge in [-0.25, -0.2) is 9.37 Å². The second kappa shape index (κ2) is 12.2. The van der Waals surface area contributed by atoms with E-state index in [0.717, 1.165) is 16.6 Å². The quantitative estimate of drug-likeness (QED) is 0.249. The van der Waals surface area contributed by atoms with Gasteiger partial charge >= 0.3 is 0 Å². The summed E-state index contributed by atoms with van der Waals surface area (Å²) >= 11 is 3.42. The molecule has 4 rings (SSSR count). The lowest BCUT2D eigenvalue weighted by Crippen LogP contribution is -2.24. The van der Waals surface area contributed by atoms with Crippen molar-refractivity contribution in [2.24, 2.45) is 5.10 Å². The predicted octanol–water partition coefficient (Wildman–Crippen LogP) is 5.78. The number of rotatable bonds is 9. The lowest BCUT2D eigenvalue weighted by Gasteiger charge is -2.16. The molecule has 0 aliphatic heterocycles. The highest BCUT2D eigenvalue weighted by Crippen LogP contribution is 2.25. The number of nitrogens with one attached hydrogen (secondary N) is 1. The first-order valence-electron chi connectivity index (χ1n) is 12.4. The van der Waals surface area contributed by atoms with Crippen molar-refractivity contribution in [3.63, 3.8) is 0 Å². The Hall–Kier alpha value is -4.05. The van der Waals surface area contributed by atoms with Crippen molar-refractivity contribution in [2.75, 3.05) is 30.9 Å². The molecule has 0 radical (unpaired) electrons. The molecule has 1 aromatic heterocycles. The average Bonchev–Trinajstić information content (AvgIpc) is 2.92. The molecule has 0 spiro atoms. The molecule has 202 valence electrons. The third kappa shape index (κ3) is 6.69. The van der Waals surface area contributed by atoms with E-state index in [1.54, 1.807) is 12.1 Å². The van der Waals surface area contributed by atoms with Crippen LogP contribution in [0, 0.1) is 5.82 Å². The van der Waals surface area contributed by atoms with Gasteiger partial charge in [-0.1, -0.05) is 29.8 Å². The number of aromatic nitrogens is 2. The molecule has 1 atom stereocenters. The number of fused-ring (bicyclic) bond motifs is 1. The van der Waals surface area contributed by atoms with E-state index in [9.17, 15) is 14.0 Å². The monoisotopic (exact) mass is 593 g/mol. The minimum Gasteiger partial charge on any atom is -0.483 e. The van der Waals surface area contributed by atoms with E-state index < -0.39 is 11.7 Å². The summed E-state index contributed by atoms with van der Waals surface area (Å²) in [6.45, 7) is 3.75. The topological polar surface area (TPSA) is 88.8 Å². The molecule has 8 nitrogen and oxygen atoms in total. The fourth-order valence-electron chi connectivity index (χ4n) is 3.81. The molecule has 4 aromatic rings. The Morgan fingerprint density at radius 1 is 1.18 bits per heavy atom. The Bertz CT molecular complexity index is 1580. The third-order valence-corrected chi connectivity index (χ3v) is 6.69. The van der Waals surface area contributed by atoms with Crippen molar-refractivity contribution in [3.8, 4) is 5.75 Å². The highest BCUT2D eigenvalue weighted by molar-refractivity contribution is 9.10. The fourth-order valence-corrected chi connectivity index (χ4v) is 4.17. The van der Waals surface area contributed by atoms with Crippen molar-refractivity contribution < 1.29 is 13.9 Å². The lowest BCUT2D eigenvalue weighted by molar-refractivity contribution is -0.118. The average molecular weight is 594 g/mol. The van der Waals surface area contributed by atoms with Gasteiger partial charge in [-0.2, -0.15) is 9.78 Å². The van der Waals surface area contributed by atoms with Gasteiger partial charge in [0.1, 0.15) is 17.4 Å². The normalized spacial score (nSPS) is 12.1. The molecule has 0 saturated heterocycles. The zero-order valence-corrected chi connectivity index (χ0v) is 23.7. The number of ether oxygens (including phenoxy) is 1. The van der Waals surface area contributed by atoms with Crippen molar-refractivity contribution in [2.45, 2.75) is 26.2 Å². The van der Waals surface area contributed by atoms with Crippen LogP contribution >= 0.6 is 15.9 Å². The van der Waals surface area contributed by atoms with E-state index in [0.29, 0.717) is 33.7 Å². The van der Waals surface area contributed by atoms with Crippen LogP contribution in [0.3, 0.4) is 0 Å².